The lowest BCUT2D eigenvalue weighted by molar-refractivity contribution is -0.119. The first kappa shape index (κ1) is 20.4. The number of rotatable bonds is 5. The van der Waals surface area contributed by atoms with Crippen molar-refractivity contribution in [3.8, 4) is 6.07 Å². The van der Waals surface area contributed by atoms with Crippen molar-refractivity contribution in [1.29, 1.82) is 5.26 Å². The number of aromatic nitrogens is 1. The Morgan fingerprint density at radius 1 is 1.29 bits per heavy atom. The average Bonchev–Trinajstić information content (AvgIpc) is 3.27. The van der Waals surface area contributed by atoms with E-state index >= 15 is 0 Å². The van der Waals surface area contributed by atoms with Crippen molar-refractivity contribution in [1.82, 2.24) is 4.57 Å². The topological polar surface area (TPSA) is 84.1 Å². The first-order valence-corrected chi connectivity index (χ1v) is 10.3. The Morgan fingerprint density at radius 2 is 1.96 bits per heavy atom. The second-order valence-corrected chi connectivity index (χ2v) is 8.12. The molecule has 28 heavy (non-hydrogen) atoms. The molecule has 1 aliphatic rings. The maximum Gasteiger partial charge on any atom is 0.339 e. The van der Waals surface area contributed by atoms with Crippen molar-refractivity contribution in [3.05, 3.63) is 50.2 Å². The third-order valence-corrected chi connectivity index (χ3v) is 6.19. The van der Waals surface area contributed by atoms with Gasteiger partial charge in [-0.05, 0) is 67.0 Å². The van der Waals surface area contributed by atoms with E-state index in [-0.39, 0.29) is 6.04 Å². The fraction of sp³-hybridized carbons (Fsp3) is 0.381. The Morgan fingerprint density at radius 3 is 2.61 bits per heavy atom. The Hall–Kier alpha value is -2.34. The van der Waals surface area contributed by atoms with E-state index in [1.54, 1.807) is 18.2 Å². The monoisotopic (exact) mass is 491 g/mol. The van der Waals surface area contributed by atoms with Gasteiger partial charge in [0.15, 0.2) is 6.61 Å². The lowest BCUT2D eigenvalue weighted by atomic mass is 10.2. The molecule has 0 radical (unpaired) electrons. The SMILES string of the molecule is Cc1c(C#N)c(NC(=O)COC(=O)c2ccccc2I)n(C2CCCC2)c1C. The predicted octanol–water partition coefficient (Wildman–Crippen LogP) is 4.49. The molecule has 1 N–H and O–H groups in total. The van der Waals surface area contributed by atoms with E-state index in [0.717, 1.165) is 40.5 Å². The molecule has 1 heterocycles. The molecule has 1 fully saturated rings. The number of amides is 1. The van der Waals surface area contributed by atoms with Gasteiger partial charge in [0, 0.05) is 15.3 Å². The molecule has 0 saturated heterocycles. The fourth-order valence-corrected chi connectivity index (χ4v) is 4.32. The van der Waals surface area contributed by atoms with E-state index in [0.29, 0.717) is 16.9 Å². The number of nitrogens with one attached hydrogen (secondary N) is 1. The summed E-state index contributed by atoms with van der Waals surface area (Å²) in [5.74, 6) is -0.480. The molecule has 1 aliphatic carbocycles. The molecular weight excluding hydrogens is 469 g/mol. The number of nitrogens with zero attached hydrogens (tertiary/aromatic N) is 2. The van der Waals surface area contributed by atoms with E-state index in [9.17, 15) is 14.9 Å². The summed E-state index contributed by atoms with van der Waals surface area (Å²) in [6.45, 7) is 3.47. The number of esters is 1. The summed E-state index contributed by atoms with van der Waals surface area (Å²) in [4.78, 5) is 24.7. The van der Waals surface area contributed by atoms with Gasteiger partial charge in [0.05, 0.1) is 11.1 Å². The van der Waals surface area contributed by atoms with E-state index in [4.69, 9.17) is 4.74 Å². The highest BCUT2D eigenvalue weighted by atomic mass is 127. The summed E-state index contributed by atoms with van der Waals surface area (Å²) in [5.41, 5.74) is 2.77. The van der Waals surface area contributed by atoms with Crippen LogP contribution in [0.15, 0.2) is 24.3 Å². The highest BCUT2D eigenvalue weighted by Gasteiger charge is 2.27. The van der Waals surface area contributed by atoms with Crippen LogP contribution in [-0.2, 0) is 9.53 Å². The molecule has 0 spiro atoms. The fourth-order valence-electron chi connectivity index (χ4n) is 3.71. The molecule has 7 heteroatoms. The maximum atomic E-state index is 12.5. The number of halogens is 1. The van der Waals surface area contributed by atoms with Gasteiger partial charge < -0.3 is 14.6 Å². The number of benzene rings is 1. The largest absolute Gasteiger partial charge is 0.452 e. The van der Waals surface area contributed by atoms with Crippen LogP contribution in [0.2, 0.25) is 0 Å². The minimum absolute atomic E-state index is 0.282. The van der Waals surface area contributed by atoms with Gasteiger partial charge in [0.1, 0.15) is 11.9 Å². The number of ether oxygens (including phenoxy) is 1. The van der Waals surface area contributed by atoms with Gasteiger partial charge in [-0.3, -0.25) is 4.79 Å². The molecule has 0 unspecified atom stereocenters. The van der Waals surface area contributed by atoms with Gasteiger partial charge in [-0.2, -0.15) is 5.26 Å². The van der Waals surface area contributed by atoms with Crippen LogP contribution < -0.4 is 5.32 Å². The predicted molar refractivity (Wildman–Crippen MR) is 114 cm³/mol. The summed E-state index contributed by atoms with van der Waals surface area (Å²) in [7, 11) is 0. The van der Waals surface area contributed by atoms with Crippen LogP contribution in [0.1, 0.15) is 58.9 Å². The minimum Gasteiger partial charge on any atom is -0.452 e. The zero-order valence-corrected chi connectivity index (χ0v) is 18.1. The molecule has 146 valence electrons. The highest BCUT2D eigenvalue weighted by molar-refractivity contribution is 14.1. The van der Waals surface area contributed by atoms with Gasteiger partial charge in [0.2, 0.25) is 0 Å². The number of carbonyl (C=O) groups excluding carboxylic acids is 2. The van der Waals surface area contributed by atoms with Gasteiger partial charge in [-0.1, -0.05) is 25.0 Å². The molecular formula is C21H22IN3O3. The van der Waals surface area contributed by atoms with Crippen molar-refractivity contribution in [2.45, 2.75) is 45.6 Å². The summed E-state index contributed by atoms with van der Waals surface area (Å²) in [5, 5.41) is 12.4. The summed E-state index contributed by atoms with van der Waals surface area (Å²) >= 11 is 2.05. The molecule has 0 atom stereocenters. The molecule has 1 aromatic carbocycles. The number of hydrogen-bond acceptors (Lipinski definition) is 4. The van der Waals surface area contributed by atoms with Crippen LogP contribution in [-0.4, -0.2) is 23.1 Å². The molecule has 2 aromatic rings. The molecule has 3 rings (SSSR count). The van der Waals surface area contributed by atoms with Gasteiger partial charge in [-0.25, -0.2) is 4.79 Å². The quantitative estimate of drug-likeness (QED) is 0.494. The van der Waals surface area contributed by atoms with Crippen molar-refractivity contribution < 1.29 is 14.3 Å². The smallest absolute Gasteiger partial charge is 0.339 e. The Bertz CT molecular complexity index is 953. The first-order valence-electron chi connectivity index (χ1n) is 9.27. The third kappa shape index (κ3) is 4.07. The van der Waals surface area contributed by atoms with Crippen molar-refractivity contribution in [2.24, 2.45) is 0 Å². The number of hydrogen-bond donors (Lipinski definition) is 1. The van der Waals surface area contributed by atoms with Crippen LogP contribution in [0.25, 0.3) is 0 Å². The van der Waals surface area contributed by atoms with E-state index in [1.807, 2.05) is 19.9 Å². The van der Waals surface area contributed by atoms with Crippen LogP contribution in [0, 0.1) is 28.7 Å². The molecule has 0 bridgehead atoms. The Kier molecular flexibility index (Phi) is 6.39. The van der Waals surface area contributed by atoms with Gasteiger partial charge in [-0.15, -0.1) is 0 Å². The van der Waals surface area contributed by atoms with E-state index in [1.165, 1.54) is 0 Å². The van der Waals surface area contributed by atoms with Crippen molar-refractivity contribution >= 4 is 40.3 Å². The van der Waals surface area contributed by atoms with Crippen LogP contribution in [0.3, 0.4) is 0 Å². The van der Waals surface area contributed by atoms with E-state index < -0.39 is 18.5 Å². The first-order chi connectivity index (χ1) is 13.4. The average molecular weight is 491 g/mol. The maximum absolute atomic E-state index is 12.5. The number of carbonyl (C=O) groups is 2. The van der Waals surface area contributed by atoms with Crippen molar-refractivity contribution in [3.63, 3.8) is 0 Å². The third-order valence-electron chi connectivity index (χ3n) is 5.24. The van der Waals surface area contributed by atoms with Crippen LogP contribution in [0.4, 0.5) is 5.82 Å². The zero-order chi connectivity index (χ0) is 20.3. The standard InChI is InChI=1S/C21H22IN3O3/c1-13-14(2)25(15-7-3-4-8-15)20(17(13)11-23)24-19(26)12-28-21(27)16-9-5-6-10-18(16)22/h5-6,9-10,15H,3-4,7-8,12H2,1-2H3,(H,24,26). The molecule has 1 saturated carbocycles. The summed E-state index contributed by atoms with van der Waals surface area (Å²) < 4.78 is 8.00. The molecule has 6 nitrogen and oxygen atoms in total. The normalized spacial score (nSPS) is 13.9. The van der Waals surface area contributed by atoms with Crippen LogP contribution >= 0.6 is 22.6 Å². The number of anilines is 1. The Labute approximate surface area is 178 Å². The van der Waals surface area contributed by atoms with Gasteiger partial charge >= 0.3 is 5.97 Å². The van der Waals surface area contributed by atoms with Crippen molar-refractivity contribution in [2.75, 3.05) is 11.9 Å². The lowest BCUT2D eigenvalue weighted by Crippen LogP contribution is -2.24. The molecule has 1 amide bonds. The highest BCUT2D eigenvalue weighted by Crippen LogP contribution is 2.37. The van der Waals surface area contributed by atoms with E-state index in [2.05, 4.69) is 38.5 Å². The Balaban J connectivity index is 1.75. The second kappa shape index (κ2) is 8.78. The van der Waals surface area contributed by atoms with Gasteiger partial charge in [0.25, 0.3) is 5.91 Å². The zero-order valence-electron chi connectivity index (χ0n) is 15.9. The summed E-state index contributed by atoms with van der Waals surface area (Å²) in [6.07, 6.45) is 4.35. The lowest BCUT2D eigenvalue weighted by Gasteiger charge is -2.19. The van der Waals surface area contributed by atoms with Crippen LogP contribution in [0.5, 0.6) is 0 Å². The molecule has 1 aromatic heterocycles. The molecule has 0 aliphatic heterocycles. The number of nitriles is 1. The summed E-state index contributed by atoms with van der Waals surface area (Å²) in [6, 6.07) is 9.53. The minimum atomic E-state index is -0.542. The second-order valence-electron chi connectivity index (χ2n) is 6.96.